The third-order valence-corrected chi connectivity index (χ3v) is 4.79. The van der Waals surface area contributed by atoms with Crippen molar-refractivity contribution in [2.24, 2.45) is 5.92 Å². The van der Waals surface area contributed by atoms with Crippen LogP contribution in [0.15, 0.2) is 0 Å². The van der Waals surface area contributed by atoms with Gasteiger partial charge in [0.25, 0.3) is 0 Å². The fraction of sp³-hybridized carbons (Fsp3) is 0.810. The second-order valence-electron chi connectivity index (χ2n) is 8.87. The molecule has 0 spiro atoms. The number of likely N-dealkylation sites (N-methyl/N-ethyl adjacent to an activating group) is 2. The number of aliphatic hydroxyl groups is 1. The lowest BCUT2D eigenvalue weighted by atomic mass is 9.99. The highest BCUT2D eigenvalue weighted by Gasteiger charge is 2.36. The van der Waals surface area contributed by atoms with E-state index in [2.05, 4.69) is 5.32 Å². The topological polar surface area (TPSA) is 125 Å². The molecule has 0 heterocycles. The van der Waals surface area contributed by atoms with Crippen molar-refractivity contribution >= 4 is 23.9 Å². The van der Waals surface area contributed by atoms with Crippen LogP contribution in [0, 0.1) is 5.92 Å². The summed E-state index contributed by atoms with van der Waals surface area (Å²) in [5, 5.41) is 12.8. The molecule has 3 amide bonds. The Hall–Kier alpha value is -2.36. The molecule has 0 rings (SSSR count). The number of rotatable bonds is 9. The van der Waals surface area contributed by atoms with Crippen molar-refractivity contribution in [1.29, 1.82) is 0 Å². The molecule has 0 fully saturated rings. The molecule has 0 aromatic rings. The van der Waals surface area contributed by atoms with E-state index in [1.165, 1.54) is 32.8 Å². The van der Waals surface area contributed by atoms with Gasteiger partial charge in [0.15, 0.2) is 6.04 Å². The van der Waals surface area contributed by atoms with Crippen LogP contribution in [-0.2, 0) is 23.9 Å². The number of aliphatic hydroxyl groups excluding tert-OH is 1. The van der Waals surface area contributed by atoms with E-state index in [1.54, 1.807) is 41.5 Å². The normalized spacial score (nSPS) is 15.4. The number of amides is 3. The zero-order valence-electron chi connectivity index (χ0n) is 20.4. The molecule has 4 atom stereocenters. The summed E-state index contributed by atoms with van der Waals surface area (Å²) in [6.45, 7) is 13.3. The van der Waals surface area contributed by atoms with Crippen molar-refractivity contribution in [3.05, 3.63) is 0 Å². The lowest BCUT2D eigenvalue weighted by molar-refractivity contribution is -0.152. The Balaban J connectivity index is 5.30. The van der Waals surface area contributed by atoms with E-state index in [1.807, 2.05) is 0 Å². The highest BCUT2D eigenvalue weighted by molar-refractivity contribution is 5.92. The first-order valence-corrected chi connectivity index (χ1v) is 10.4. The molecule has 0 saturated carbocycles. The molecule has 0 aliphatic rings. The van der Waals surface area contributed by atoms with Crippen LogP contribution in [-0.4, -0.2) is 89.3 Å². The molecular formula is C21H39N3O7. The molecule has 0 aliphatic heterocycles. The third-order valence-electron chi connectivity index (χ3n) is 4.79. The molecule has 0 aliphatic carbocycles. The number of carbonyl (C=O) groups excluding carboxylic acids is 4. The van der Waals surface area contributed by atoms with Crippen molar-refractivity contribution < 1.29 is 33.8 Å². The van der Waals surface area contributed by atoms with Crippen molar-refractivity contribution in [3.63, 3.8) is 0 Å². The molecule has 0 aromatic carbocycles. The number of ether oxygens (including phenoxy) is 2. The van der Waals surface area contributed by atoms with E-state index in [9.17, 15) is 24.3 Å². The van der Waals surface area contributed by atoms with E-state index in [0.29, 0.717) is 0 Å². The average Bonchev–Trinajstić information content (AvgIpc) is 2.66. The van der Waals surface area contributed by atoms with Crippen LogP contribution in [0.25, 0.3) is 0 Å². The molecule has 10 heteroatoms. The molecule has 0 saturated heterocycles. The number of hydrogen-bond donors (Lipinski definition) is 2. The SMILES string of the molecule is CCOC(=O)[C@H](NC(=O)[C@@H](C)N(C)C(=O)[C@H](C)N(C)C(=O)OC(C)(C)C)[C@H](O)C(C)C. The minimum absolute atomic E-state index is 0.0957. The second kappa shape index (κ2) is 11.9. The molecule has 31 heavy (non-hydrogen) atoms. The summed E-state index contributed by atoms with van der Waals surface area (Å²) >= 11 is 0. The summed E-state index contributed by atoms with van der Waals surface area (Å²) in [7, 11) is 2.86. The monoisotopic (exact) mass is 445 g/mol. The van der Waals surface area contributed by atoms with Gasteiger partial charge in [0.05, 0.1) is 12.7 Å². The van der Waals surface area contributed by atoms with E-state index in [-0.39, 0.29) is 12.5 Å². The molecule has 0 unspecified atom stereocenters. The summed E-state index contributed by atoms with van der Waals surface area (Å²) in [4.78, 5) is 52.3. The van der Waals surface area contributed by atoms with Crippen molar-refractivity contribution in [1.82, 2.24) is 15.1 Å². The van der Waals surface area contributed by atoms with Crippen LogP contribution in [0.1, 0.15) is 55.4 Å². The quantitative estimate of drug-likeness (QED) is 0.510. The molecule has 0 radical (unpaired) electrons. The minimum atomic E-state index is -1.26. The standard InChI is InChI=1S/C21H39N3O7/c1-11-30-19(28)15(16(25)12(2)3)22-17(26)13(4)23(9)18(27)14(5)24(10)20(29)31-21(6,7)8/h12-16,25H,11H2,1-10H3,(H,22,26)/t13-,14+,15-,16-/m1/s1. The zero-order valence-corrected chi connectivity index (χ0v) is 20.4. The van der Waals surface area contributed by atoms with Gasteiger partial charge in [-0.05, 0) is 47.5 Å². The Bertz CT molecular complexity index is 645. The largest absolute Gasteiger partial charge is 0.464 e. The van der Waals surface area contributed by atoms with Crippen LogP contribution in [0.4, 0.5) is 4.79 Å². The van der Waals surface area contributed by atoms with Gasteiger partial charge in [0.2, 0.25) is 11.8 Å². The highest BCUT2D eigenvalue weighted by Crippen LogP contribution is 2.13. The third kappa shape index (κ3) is 8.72. The van der Waals surface area contributed by atoms with Gasteiger partial charge >= 0.3 is 12.1 Å². The first-order chi connectivity index (χ1) is 14.0. The molecule has 0 bridgehead atoms. The number of carbonyl (C=O) groups is 4. The summed E-state index contributed by atoms with van der Waals surface area (Å²) < 4.78 is 10.2. The maximum absolute atomic E-state index is 12.8. The zero-order chi connectivity index (χ0) is 24.7. The molecular weight excluding hydrogens is 406 g/mol. The van der Waals surface area contributed by atoms with Crippen LogP contribution >= 0.6 is 0 Å². The van der Waals surface area contributed by atoms with Gasteiger partial charge in [-0.3, -0.25) is 14.5 Å². The summed E-state index contributed by atoms with van der Waals surface area (Å²) in [5.74, 6) is -2.20. The Kier molecular flexibility index (Phi) is 11.0. The van der Waals surface area contributed by atoms with Crippen LogP contribution in [0.5, 0.6) is 0 Å². The van der Waals surface area contributed by atoms with Gasteiger partial charge in [-0.15, -0.1) is 0 Å². The van der Waals surface area contributed by atoms with E-state index >= 15 is 0 Å². The molecule has 10 nitrogen and oxygen atoms in total. The lowest BCUT2D eigenvalue weighted by Crippen LogP contribution is -2.58. The lowest BCUT2D eigenvalue weighted by Gasteiger charge is -2.33. The summed E-state index contributed by atoms with van der Waals surface area (Å²) in [6.07, 6.45) is -1.82. The smallest absolute Gasteiger partial charge is 0.410 e. The second-order valence-corrected chi connectivity index (χ2v) is 8.87. The summed E-state index contributed by atoms with van der Waals surface area (Å²) in [6, 6.07) is -3.13. The number of hydrogen-bond acceptors (Lipinski definition) is 7. The van der Waals surface area contributed by atoms with Crippen LogP contribution in [0.2, 0.25) is 0 Å². The summed E-state index contributed by atoms with van der Waals surface area (Å²) in [5.41, 5.74) is -0.716. The molecule has 2 N–H and O–H groups in total. The first-order valence-electron chi connectivity index (χ1n) is 10.4. The minimum Gasteiger partial charge on any atom is -0.464 e. The Morgan fingerprint density at radius 3 is 1.90 bits per heavy atom. The van der Waals surface area contributed by atoms with Crippen molar-refractivity contribution in [2.75, 3.05) is 20.7 Å². The van der Waals surface area contributed by atoms with Gasteiger partial charge in [0, 0.05) is 14.1 Å². The number of esters is 1. The predicted molar refractivity (Wildman–Crippen MR) is 115 cm³/mol. The molecule has 0 aromatic heterocycles. The van der Waals surface area contributed by atoms with Gasteiger partial charge < -0.3 is 24.8 Å². The maximum atomic E-state index is 12.8. The first kappa shape index (κ1) is 28.6. The Morgan fingerprint density at radius 2 is 1.48 bits per heavy atom. The van der Waals surface area contributed by atoms with Crippen molar-refractivity contribution in [3.8, 4) is 0 Å². The van der Waals surface area contributed by atoms with Crippen molar-refractivity contribution in [2.45, 2.75) is 85.2 Å². The van der Waals surface area contributed by atoms with Crippen LogP contribution in [0.3, 0.4) is 0 Å². The number of nitrogens with one attached hydrogen (secondary N) is 1. The van der Waals surface area contributed by atoms with Gasteiger partial charge in [-0.1, -0.05) is 13.8 Å². The van der Waals surface area contributed by atoms with Gasteiger partial charge in [-0.25, -0.2) is 9.59 Å². The Labute approximate surface area is 185 Å². The Morgan fingerprint density at radius 1 is 0.968 bits per heavy atom. The predicted octanol–water partition coefficient (Wildman–Crippen LogP) is 1.15. The highest BCUT2D eigenvalue weighted by atomic mass is 16.6. The van der Waals surface area contributed by atoms with E-state index in [0.717, 1.165) is 4.90 Å². The molecule has 180 valence electrons. The van der Waals surface area contributed by atoms with E-state index in [4.69, 9.17) is 9.47 Å². The van der Waals surface area contributed by atoms with Gasteiger partial charge in [0.1, 0.15) is 17.7 Å². The number of nitrogens with zero attached hydrogens (tertiary/aromatic N) is 2. The van der Waals surface area contributed by atoms with Gasteiger partial charge in [-0.2, -0.15) is 0 Å². The average molecular weight is 446 g/mol. The van der Waals surface area contributed by atoms with E-state index < -0.39 is 53.7 Å². The fourth-order valence-electron chi connectivity index (χ4n) is 2.49. The fourth-order valence-corrected chi connectivity index (χ4v) is 2.49. The van der Waals surface area contributed by atoms with Crippen LogP contribution < -0.4 is 5.32 Å². The maximum Gasteiger partial charge on any atom is 0.410 e.